The Kier molecular flexibility index (Phi) is 9.55. The van der Waals surface area contributed by atoms with E-state index in [0.29, 0.717) is 0 Å². The lowest BCUT2D eigenvalue weighted by Crippen LogP contribution is -2.72. The van der Waals surface area contributed by atoms with Crippen molar-refractivity contribution in [1.82, 2.24) is 0 Å². The van der Waals surface area contributed by atoms with Gasteiger partial charge in [0.25, 0.3) is 0 Å². The number of hydrogen-bond donors (Lipinski definition) is 0. The van der Waals surface area contributed by atoms with E-state index in [0.717, 1.165) is 17.1 Å². The molecule has 0 spiro atoms. The van der Waals surface area contributed by atoms with Crippen LogP contribution in [0.2, 0.25) is 0 Å². The standard InChI is InChI=1S/C70H51NSi/c1-48-43-54(45-56(44-48)72(55-29-13-6-14-30-55)67-37-21-17-33-61(67)62-34-18-22-38-68(62)72)71(52-39-41-59-57-31-15-19-35-63(57)69(2,65(59)46-52)49-23-7-3-8-24-49)53-40-42-60-58-32-16-20-36-64(58)70(66(60)47-53,50-25-9-4-10-26-50)51-27-11-5-12-28-51/h3-47H,1-2H3. The van der Waals surface area contributed by atoms with Crippen LogP contribution in [0.25, 0.3) is 33.4 Å². The highest BCUT2D eigenvalue weighted by atomic mass is 28.3. The van der Waals surface area contributed by atoms with Gasteiger partial charge in [-0.1, -0.05) is 237 Å². The second kappa shape index (κ2) is 16.2. The van der Waals surface area contributed by atoms with Crippen LogP contribution in [-0.2, 0) is 10.8 Å². The summed E-state index contributed by atoms with van der Waals surface area (Å²) in [5.41, 5.74) is 20.6. The van der Waals surface area contributed by atoms with Crippen molar-refractivity contribution in [3.8, 4) is 33.4 Å². The molecule has 1 unspecified atom stereocenters. The molecular formula is C70H51NSi. The van der Waals surface area contributed by atoms with E-state index < -0.39 is 13.5 Å². The van der Waals surface area contributed by atoms with Gasteiger partial charge in [-0.3, -0.25) is 0 Å². The van der Waals surface area contributed by atoms with Gasteiger partial charge >= 0.3 is 0 Å². The van der Waals surface area contributed by atoms with Crippen LogP contribution in [0.1, 0.15) is 51.4 Å². The van der Waals surface area contributed by atoms with Crippen molar-refractivity contribution in [2.24, 2.45) is 0 Å². The molecule has 0 bridgehead atoms. The highest BCUT2D eigenvalue weighted by Gasteiger charge is 2.50. The number of fused-ring (bicyclic) bond motifs is 9. The van der Waals surface area contributed by atoms with Crippen LogP contribution in [0, 0.1) is 6.92 Å². The van der Waals surface area contributed by atoms with E-state index in [1.54, 1.807) is 0 Å². The first-order chi connectivity index (χ1) is 35.5. The van der Waals surface area contributed by atoms with Gasteiger partial charge in [-0.25, -0.2) is 0 Å². The third-order valence-corrected chi connectivity index (χ3v) is 21.4. The second-order valence-electron chi connectivity index (χ2n) is 20.1. The molecule has 1 nitrogen and oxygen atoms in total. The molecule has 0 saturated carbocycles. The average Bonchev–Trinajstić information content (AvgIpc) is 4.02. The van der Waals surface area contributed by atoms with E-state index in [-0.39, 0.29) is 5.41 Å². The highest BCUT2D eigenvalue weighted by molar-refractivity contribution is 7.22. The minimum atomic E-state index is -2.86. The first-order valence-corrected chi connectivity index (χ1v) is 27.3. The second-order valence-corrected chi connectivity index (χ2v) is 23.9. The minimum Gasteiger partial charge on any atom is -0.310 e. The maximum Gasteiger partial charge on any atom is 0.180 e. The molecule has 1 aliphatic heterocycles. The van der Waals surface area contributed by atoms with Crippen LogP contribution in [0.5, 0.6) is 0 Å². The van der Waals surface area contributed by atoms with E-state index in [1.165, 1.54) is 98.6 Å². The van der Waals surface area contributed by atoms with Gasteiger partial charge in [0.1, 0.15) is 0 Å². The van der Waals surface area contributed by atoms with Gasteiger partial charge in [-0.2, -0.15) is 0 Å². The van der Waals surface area contributed by atoms with E-state index in [1.807, 2.05) is 0 Å². The number of hydrogen-bond acceptors (Lipinski definition) is 1. The van der Waals surface area contributed by atoms with Crippen molar-refractivity contribution in [3.63, 3.8) is 0 Å². The predicted molar refractivity (Wildman–Crippen MR) is 303 cm³/mol. The molecule has 0 N–H and O–H groups in total. The molecule has 340 valence electrons. The van der Waals surface area contributed by atoms with E-state index in [2.05, 4.69) is 292 Å². The quantitative estimate of drug-likeness (QED) is 0.137. The minimum absolute atomic E-state index is 0.371. The van der Waals surface area contributed by atoms with Gasteiger partial charge < -0.3 is 4.90 Å². The van der Waals surface area contributed by atoms with Crippen molar-refractivity contribution in [2.45, 2.75) is 24.7 Å². The molecule has 0 fully saturated rings. The van der Waals surface area contributed by atoms with Crippen molar-refractivity contribution >= 4 is 45.9 Å². The maximum atomic E-state index is 2.58. The number of aryl methyl sites for hydroxylation is 1. The van der Waals surface area contributed by atoms with Gasteiger partial charge in [-0.15, -0.1) is 0 Å². The molecule has 2 aliphatic carbocycles. The lowest BCUT2D eigenvalue weighted by molar-refractivity contribution is 0.714. The SMILES string of the molecule is Cc1cc(N(c2ccc3c(c2)C(C)(c2ccccc2)c2ccccc2-3)c2ccc3c(c2)C(c2ccccc2)(c2ccccc2)c2ccccc2-3)cc([Si]2(c3ccccc3)c3ccccc3-c3ccccc32)c1. The lowest BCUT2D eigenvalue weighted by atomic mass is 9.67. The average molecular weight is 934 g/mol. The van der Waals surface area contributed by atoms with Crippen LogP contribution in [-0.4, -0.2) is 8.07 Å². The van der Waals surface area contributed by atoms with Crippen molar-refractivity contribution in [1.29, 1.82) is 0 Å². The monoisotopic (exact) mass is 933 g/mol. The summed E-state index contributed by atoms with van der Waals surface area (Å²) < 4.78 is 0. The Morgan fingerprint density at radius 1 is 0.306 bits per heavy atom. The lowest BCUT2D eigenvalue weighted by Gasteiger charge is -2.36. The molecule has 0 amide bonds. The molecule has 0 saturated heterocycles. The van der Waals surface area contributed by atoms with Crippen LogP contribution in [0.3, 0.4) is 0 Å². The smallest absolute Gasteiger partial charge is 0.180 e. The Bertz CT molecular complexity index is 3810. The van der Waals surface area contributed by atoms with E-state index in [4.69, 9.17) is 0 Å². The van der Waals surface area contributed by atoms with Crippen LogP contribution in [0.15, 0.2) is 273 Å². The molecule has 14 rings (SSSR count). The fourth-order valence-electron chi connectivity index (χ4n) is 13.5. The van der Waals surface area contributed by atoms with Gasteiger partial charge in [-0.05, 0) is 149 Å². The summed E-state index contributed by atoms with van der Waals surface area (Å²) in [6.07, 6.45) is 0. The Labute approximate surface area is 424 Å². The normalized spacial score (nSPS) is 15.9. The number of nitrogens with zero attached hydrogens (tertiary/aromatic N) is 1. The van der Waals surface area contributed by atoms with Gasteiger partial charge in [0.15, 0.2) is 8.07 Å². The van der Waals surface area contributed by atoms with Crippen LogP contribution < -0.4 is 25.6 Å². The summed E-state index contributed by atoms with van der Waals surface area (Å²) >= 11 is 0. The van der Waals surface area contributed by atoms with Gasteiger partial charge in [0.05, 0.1) is 5.41 Å². The summed E-state index contributed by atoms with van der Waals surface area (Å²) in [4.78, 5) is 2.58. The molecular weight excluding hydrogens is 883 g/mol. The summed E-state index contributed by atoms with van der Waals surface area (Å²) in [7, 11) is -2.86. The molecule has 1 atom stereocenters. The summed E-state index contributed by atoms with van der Waals surface area (Å²) in [5, 5.41) is 5.66. The first-order valence-electron chi connectivity index (χ1n) is 25.3. The molecule has 2 heteroatoms. The molecule has 11 aromatic carbocycles. The Balaban J connectivity index is 1.07. The fraction of sp³-hybridized carbons (Fsp3) is 0.0571. The van der Waals surface area contributed by atoms with Gasteiger partial charge in [0.2, 0.25) is 0 Å². The maximum absolute atomic E-state index is 2.86. The molecule has 1 heterocycles. The Morgan fingerprint density at radius 3 is 1.32 bits per heavy atom. The Hall–Kier alpha value is -8.56. The fourth-order valence-corrected chi connectivity index (χ4v) is 18.8. The Morgan fingerprint density at radius 2 is 0.736 bits per heavy atom. The van der Waals surface area contributed by atoms with E-state index >= 15 is 0 Å². The third-order valence-electron chi connectivity index (χ3n) is 16.5. The zero-order valence-electron chi connectivity index (χ0n) is 40.4. The van der Waals surface area contributed by atoms with Crippen LogP contribution >= 0.6 is 0 Å². The zero-order chi connectivity index (χ0) is 48.0. The zero-order valence-corrected chi connectivity index (χ0v) is 41.4. The molecule has 0 radical (unpaired) electrons. The first kappa shape index (κ1) is 42.3. The topological polar surface area (TPSA) is 3.24 Å². The highest BCUT2D eigenvalue weighted by Crippen LogP contribution is 2.58. The summed E-state index contributed by atoms with van der Waals surface area (Å²) in [5.74, 6) is 0. The number of rotatable bonds is 8. The number of benzene rings is 11. The third kappa shape index (κ3) is 5.88. The largest absolute Gasteiger partial charge is 0.310 e. The van der Waals surface area contributed by atoms with Gasteiger partial charge in [0, 0.05) is 22.5 Å². The number of anilines is 3. The molecule has 72 heavy (non-hydrogen) atoms. The van der Waals surface area contributed by atoms with E-state index in [9.17, 15) is 0 Å². The molecule has 0 aromatic heterocycles. The van der Waals surface area contributed by atoms with Crippen molar-refractivity contribution in [3.05, 3.63) is 317 Å². The predicted octanol–water partition coefficient (Wildman–Crippen LogP) is 14.5. The molecule has 3 aliphatic rings. The summed E-state index contributed by atoms with van der Waals surface area (Å²) in [6.45, 7) is 4.72. The van der Waals surface area contributed by atoms with Crippen molar-refractivity contribution < 1.29 is 0 Å². The van der Waals surface area contributed by atoms with Crippen LogP contribution in [0.4, 0.5) is 17.1 Å². The van der Waals surface area contributed by atoms with Crippen molar-refractivity contribution in [2.75, 3.05) is 4.90 Å². The molecule has 11 aromatic rings. The summed E-state index contributed by atoms with van der Waals surface area (Å²) in [6, 6.07) is 104.